The SMILES string of the molecule is CC(C)c1ccc2c(c1)B1c3cc(C(C)C)ccc3N3c4ccccc4B4c5c6c7c(c1c53)N2c1ccccc1B7N(c1ccccc1)c1cccc(c1-6)N4c1ccccc1. The molecular formula is C54H41B3N4. The Morgan fingerprint density at radius 1 is 0.361 bits per heavy atom. The van der Waals surface area contributed by atoms with Crippen molar-refractivity contribution in [2.24, 2.45) is 0 Å². The Labute approximate surface area is 359 Å². The molecule has 286 valence electrons. The summed E-state index contributed by atoms with van der Waals surface area (Å²) in [6, 6.07) is 62.8. The van der Waals surface area contributed by atoms with Crippen LogP contribution in [0.2, 0.25) is 0 Å². The van der Waals surface area contributed by atoms with Crippen molar-refractivity contribution < 1.29 is 0 Å². The van der Waals surface area contributed by atoms with Crippen molar-refractivity contribution in [2.45, 2.75) is 39.5 Å². The zero-order chi connectivity index (χ0) is 40.4. The molecule has 0 fully saturated rings. The topological polar surface area (TPSA) is 13.0 Å². The predicted molar refractivity (Wildman–Crippen MR) is 261 cm³/mol. The standard InChI is InChI=1S/C54H41B3N4/c1-32(2)34-26-28-44-40(30-34)55-41-31-35(33(3)4)27-29-45(41)59-43-23-14-12-21-39(43)57-51-49-48-46(24-15-25-47(48)61(57)37-18-9-6-10-19-37)60(36-16-7-5-8-17-36)56-38-20-11-13-22-42(38)58(44)53(50(49)56)52(55)54(51)59/h5-33H,1-4H3. The summed E-state index contributed by atoms with van der Waals surface area (Å²) in [7, 11) is 0. The molecule has 61 heavy (non-hydrogen) atoms. The fraction of sp³-hybridized carbons (Fsp3) is 0.111. The third kappa shape index (κ3) is 4.15. The van der Waals surface area contributed by atoms with Gasteiger partial charge in [0.05, 0.1) is 0 Å². The minimum absolute atomic E-state index is 0.0424. The van der Waals surface area contributed by atoms with Crippen LogP contribution in [0.3, 0.4) is 0 Å². The highest BCUT2D eigenvalue weighted by molar-refractivity contribution is 7.05. The van der Waals surface area contributed by atoms with Gasteiger partial charge in [0.25, 0.3) is 6.71 Å². The molecule has 6 aliphatic heterocycles. The van der Waals surface area contributed by atoms with Gasteiger partial charge in [-0.15, -0.1) is 0 Å². The maximum absolute atomic E-state index is 2.69. The molecule has 8 aromatic carbocycles. The van der Waals surface area contributed by atoms with E-state index >= 15 is 0 Å². The Bertz CT molecular complexity index is 3010. The van der Waals surface area contributed by atoms with Crippen molar-refractivity contribution in [3.63, 3.8) is 0 Å². The maximum atomic E-state index is 2.69. The first-order valence-corrected chi connectivity index (χ1v) is 22.1. The van der Waals surface area contributed by atoms with Gasteiger partial charge in [0.2, 0.25) is 0 Å². The van der Waals surface area contributed by atoms with E-state index in [2.05, 4.69) is 211 Å². The van der Waals surface area contributed by atoms with Gasteiger partial charge in [-0.05, 0) is 127 Å². The molecule has 0 N–H and O–H groups in total. The molecule has 0 aromatic heterocycles. The van der Waals surface area contributed by atoms with Crippen LogP contribution in [0.1, 0.15) is 50.7 Å². The van der Waals surface area contributed by atoms with Crippen molar-refractivity contribution >= 4 is 116 Å². The summed E-state index contributed by atoms with van der Waals surface area (Å²) in [5.74, 6) is 0.804. The van der Waals surface area contributed by atoms with Crippen molar-refractivity contribution in [1.82, 2.24) is 0 Å². The lowest BCUT2D eigenvalue weighted by Gasteiger charge is -2.56. The molecule has 14 rings (SSSR count). The summed E-state index contributed by atoms with van der Waals surface area (Å²) < 4.78 is 0. The zero-order valence-electron chi connectivity index (χ0n) is 34.8. The van der Waals surface area contributed by atoms with Crippen LogP contribution < -0.4 is 57.7 Å². The second kappa shape index (κ2) is 11.9. The molecule has 0 spiro atoms. The Kier molecular flexibility index (Phi) is 6.63. The molecule has 4 nitrogen and oxygen atoms in total. The Morgan fingerprint density at radius 2 is 0.770 bits per heavy atom. The molecule has 8 aromatic rings. The van der Waals surface area contributed by atoms with Crippen molar-refractivity contribution in [3.05, 3.63) is 175 Å². The first kappa shape index (κ1) is 33.9. The largest absolute Gasteiger partial charge is 0.376 e. The lowest BCUT2D eigenvalue weighted by molar-refractivity contribution is 0.867. The van der Waals surface area contributed by atoms with E-state index in [-0.39, 0.29) is 20.4 Å². The normalized spacial score (nSPS) is 15.0. The monoisotopic (exact) mass is 778 g/mol. The molecule has 0 amide bonds. The highest BCUT2D eigenvalue weighted by Gasteiger charge is 2.58. The quantitative estimate of drug-likeness (QED) is 0.166. The van der Waals surface area contributed by atoms with Crippen LogP contribution in [0.4, 0.5) is 56.9 Å². The van der Waals surface area contributed by atoms with Crippen LogP contribution in [0.25, 0.3) is 11.1 Å². The summed E-state index contributed by atoms with van der Waals surface area (Å²) >= 11 is 0. The number of hydrogen-bond donors (Lipinski definition) is 0. The van der Waals surface area contributed by atoms with Crippen LogP contribution in [0.15, 0.2) is 164 Å². The molecule has 0 saturated heterocycles. The van der Waals surface area contributed by atoms with Crippen molar-refractivity contribution in [2.75, 3.05) is 19.4 Å². The maximum Gasteiger partial charge on any atom is 0.333 e. The lowest BCUT2D eigenvalue weighted by atomic mass is 9.28. The number of hydrogen-bond acceptors (Lipinski definition) is 4. The third-order valence-electron chi connectivity index (χ3n) is 14.7. The molecule has 0 radical (unpaired) electrons. The first-order valence-electron chi connectivity index (χ1n) is 22.1. The molecular weight excluding hydrogens is 737 g/mol. The van der Waals surface area contributed by atoms with Crippen LogP contribution in [-0.2, 0) is 0 Å². The van der Waals surface area contributed by atoms with Crippen LogP contribution in [0.5, 0.6) is 0 Å². The van der Waals surface area contributed by atoms with E-state index in [1.54, 1.807) is 0 Å². The van der Waals surface area contributed by atoms with E-state index in [0.717, 1.165) is 0 Å². The van der Waals surface area contributed by atoms with Gasteiger partial charge >= 0.3 is 13.7 Å². The summed E-state index contributed by atoms with van der Waals surface area (Å²) in [4.78, 5) is 10.7. The smallest absolute Gasteiger partial charge is 0.333 e. The van der Waals surface area contributed by atoms with Crippen molar-refractivity contribution in [3.8, 4) is 11.1 Å². The summed E-state index contributed by atoms with van der Waals surface area (Å²) in [5, 5.41) is 0. The van der Waals surface area contributed by atoms with Gasteiger partial charge in [0.15, 0.2) is 0 Å². The molecule has 7 heteroatoms. The summed E-state index contributed by atoms with van der Waals surface area (Å²) in [5.41, 5.74) is 28.1. The van der Waals surface area contributed by atoms with E-state index in [0.29, 0.717) is 11.8 Å². The van der Waals surface area contributed by atoms with Crippen LogP contribution >= 0.6 is 0 Å². The number of fused-ring (bicyclic) bond motifs is 12. The average molecular weight is 778 g/mol. The second-order valence-corrected chi connectivity index (χ2v) is 18.4. The highest BCUT2D eigenvalue weighted by atomic mass is 15.2. The third-order valence-corrected chi connectivity index (χ3v) is 14.7. The van der Waals surface area contributed by atoms with Gasteiger partial charge in [-0.1, -0.05) is 131 Å². The molecule has 0 aliphatic carbocycles. The van der Waals surface area contributed by atoms with Gasteiger partial charge in [-0.2, -0.15) is 0 Å². The van der Waals surface area contributed by atoms with Gasteiger partial charge in [-0.3, -0.25) is 0 Å². The molecule has 0 unspecified atom stereocenters. The lowest BCUT2D eigenvalue weighted by Crippen LogP contribution is -2.74. The van der Waals surface area contributed by atoms with E-state index in [4.69, 9.17) is 0 Å². The Morgan fingerprint density at radius 3 is 1.23 bits per heavy atom. The molecule has 6 aliphatic rings. The number of benzene rings is 8. The summed E-state index contributed by atoms with van der Waals surface area (Å²) in [6.07, 6.45) is 0. The molecule has 0 atom stereocenters. The Balaban J connectivity index is 1.23. The van der Waals surface area contributed by atoms with E-state index in [1.807, 2.05) is 0 Å². The second-order valence-electron chi connectivity index (χ2n) is 18.4. The fourth-order valence-corrected chi connectivity index (χ4v) is 12.2. The first-order chi connectivity index (χ1) is 30.0. The highest BCUT2D eigenvalue weighted by Crippen LogP contribution is 2.56. The number of nitrogens with zero attached hydrogens (tertiary/aromatic N) is 4. The average Bonchev–Trinajstić information content (AvgIpc) is 3.30. The van der Waals surface area contributed by atoms with Gasteiger partial charge in [0, 0.05) is 62.4 Å². The van der Waals surface area contributed by atoms with Gasteiger partial charge < -0.3 is 19.4 Å². The van der Waals surface area contributed by atoms with Crippen LogP contribution in [0, 0.1) is 0 Å². The molecule has 0 saturated carbocycles. The summed E-state index contributed by atoms with van der Waals surface area (Å²) in [6.45, 7) is 9.31. The van der Waals surface area contributed by atoms with E-state index in [1.165, 1.54) is 117 Å². The van der Waals surface area contributed by atoms with Crippen molar-refractivity contribution in [1.29, 1.82) is 0 Å². The fourth-order valence-electron chi connectivity index (χ4n) is 12.2. The van der Waals surface area contributed by atoms with Crippen LogP contribution in [-0.4, -0.2) is 20.4 Å². The minimum Gasteiger partial charge on any atom is -0.376 e. The van der Waals surface area contributed by atoms with Gasteiger partial charge in [0.1, 0.15) is 0 Å². The zero-order valence-corrected chi connectivity index (χ0v) is 34.8. The van der Waals surface area contributed by atoms with E-state index in [9.17, 15) is 0 Å². The predicted octanol–water partition coefficient (Wildman–Crippen LogP) is 8.82. The van der Waals surface area contributed by atoms with Gasteiger partial charge in [-0.25, -0.2) is 0 Å². The Hall–Kier alpha value is -6.85. The number of para-hydroxylation sites is 4. The minimum atomic E-state index is -0.0424. The number of anilines is 10. The molecule has 0 bridgehead atoms. The van der Waals surface area contributed by atoms with E-state index < -0.39 is 0 Å². The molecule has 6 heterocycles. The number of rotatable bonds is 4.